The number of benzene rings is 1. The molecular formula is C17H18N4O3. The van der Waals surface area contributed by atoms with Gasteiger partial charge in [-0.25, -0.2) is 0 Å². The molecule has 1 aromatic carbocycles. The number of aromatic nitrogens is 3. The molecule has 1 N–H and O–H groups in total. The molecule has 1 atom stereocenters. The van der Waals surface area contributed by atoms with E-state index >= 15 is 0 Å². The summed E-state index contributed by atoms with van der Waals surface area (Å²) in [5, 5.41) is 6.93. The van der Waals surface area contributed by atoms with Crippen LogP contribution in [0.15, 0.2) is 33.6 Å². The summed E-state index contributed by atoms with van der Waals surface area (Å²) in [5.74, 6) is 0.112. The van der Waals surface area contributed by atoms with E-state index in [1.54, 1.807) is 20.8 Å². The Bertz CT molecular complexity index is 987. The van der Waals surface area contributed by atoms with Gasteiger partial charge in [-0.15, -0.1) is 0 Å². The minimum Gasteiger partial charge on any atom is -0.335 e. The Labute approximate surface area is 138 Å². The van der Waals surface area contributed by atoms with E-state index < -0.39 is 6.04 Å². The second-order valence-electron chi connectivity index (χ2n) is 5.76. The van der Waals surface area contributed by atoms with Crippen molar-refractivity contribution in [3.63, 3.8) is 0 Å². The monoisotopic (exact) mass is 326 g/mol. The minimum atomic E-state index is -0.719. The number of carbonyl (C=O) groups excluding carboxylic acids is 1. The number of hydrogen-bond donors (Lipinski definition) is 1. The molecule has 0 aliphatic carbocycles. The van der Waals surface area contributed by atoms with Gasteiger partial charge >= 0.3 is 0 Å². The van der Waals surface area contributed by atoms with E-state index in [2.05, 4.69) is 15.5 Å². The maximum atomic E-state index is 12.7. The summed E-state index contributed by atoms with van der Waals surface area (Å²) >= 11 is 0. The first-order valence-corrected chi connectivity index (χ1v) is 7.61. The molecule has 0 saturated carbocycles. The number of fused-ring (bicyclic) bond motifs is 1. The Morgan fingerprint density at radius 3 is 2.67 bits per heavy atom. The SMILES string of the molecule is Cc1ccccc1NC(=O)[C@@H](C)n1c(C)nc2onc(C)c2c1=O. The van der Waals surface area contributed by atoms with Crippen LogP contribution in [0.25, 0.3) is 11.1 Å². The maximum absolute atomic E-state index is 12.7. The lowest BCUT2D eigenvalue weighted by Gasteiger charge is -2.17. The van der Waals surface area contributed by atoms with E-state index in [1.165, 1.54) is 4.57 Å². The maximum Gasteiger partial charge on any atom is 0.267 e. The summed E-state index contributed by atoms with van der Waals surface area (Å²) in [6.45, 7) is 6.91. The van der Waals surface area contributed by atoms with Crippen molar-refractivity contribution in [1.29, 1.82) is 0 Å². The fourth-order valence-corrected chi connectivity index (χ4v) is 2.67. The first kappa shape index (κ1) is 15.9. The van der Waals surface area contributed by atoms with Gasteiger partial charge in [0, 0.05) is 5.69 Å². The van der Waals surface area contributed by atoms with Gasteiger partial charge in [0.1, 0.15) is 17.3 Å². The fourth-order valence-electron chi connectivity index (χ4n) is 2.67. The summed E-state index contributed by atoms with van der Waals surface area (Å²) in [4.78, 5) is 29.6. The van der Waals surface area contributed by atoms with Crippen LogP contribution in [-0.4, -0.2) is 20.6 Å². The fraction of sp³-hybridized carbons (Fsp3) is 0.294. The largest absolute Gasteiger partial charge is 0.335 e. The van der Waals surface area contributed by atoms with Crippen molar-refractivity contribution in [1.82, 2.24) is 14.7 Å². The Kier molecular flexibility index (Phi) is 3.92. The third-order valence-electron chi connectivity index (χ3n) is 4.06. The average molecular weight is 326 g/mol. The van der Waals surface area contributed by atoms with E-state index in [9.17, 15) is 9.59 Å². The second-order valence-corrected chi connectivity index (χ2v) is 5.76. The van der Waals surface area contributed by atoms with E-state index in [0.717, 1.165) is 11.3 Å². The summed E-state index contributed by atoms with van der Waals surface area (Å²) in [7, 11) is 0. The van der Waals surface area contributed by atoms with Crippen LogP contribution in [-0.2, 0) is 4.79 Å². The molecule has 0 unspecified atom stereocenters. The van der Waals surface area contributed by atoms with Gasteiger partial charge in [0.15, 0.2) is 0 Å². The van der Waals surface area contributed by atoms with Crippen molar-refractivity contribution < 1.29 is 9.32 Å². The minimum absolute atomic E-state index is 0.192. The van der Waals surface area contributed by atoms with Crippen LogP contribution in [0.4, 0.5) is 5.69 Å². The number of anilines is 1. The highest BCUT2D eigenvalue weighted by Gasteiger charge is 2.23. The molecule has 1 amide bonds. The summed E-state index contributed by atoms with van der Waals surface area (Å²) in [6, 6.07) is 6.75. The zero-order valence-electron chi connectivity index (χ0n) is 14.0. The number of rotatable bonds is 3. The molecule has 0 fully saturated rings. The number of nitrogens with one attached hydrogen (secondary N) is 1. The second kappa shape index (κ2) is 5.92. The summed E-state index contributed by atoms with van der Waals surface area (Å²) in [5.41, 5.74) is 1.99. The predicted molar refractivity (Wildman–Crippen MR) is 90.1 cm³/mol. The Balaban J connectivity index is 2.01. The highest BCUT2D eigenvalue weighted by atomic mass is 16.5. The molecule has 2 heterocycles. The number of aryl methyl sites for hydroxylation is 3. The van der Waals surface area contributed by atoms with Gasteiger partial charge in [-0.3, -0.25) is 14.2 Å². The highest BCUT2D eigenvalue weighted by molar-refractivity contribution is 5.94. The van der Waals surface area contributed by atoms with Crippen LogP contribution in [0.1, 0.15) is 30.0 Å². The lowest BCUT2D eigenvalue weighted by molar-refractivity contribution is -0.118. The number of hydrogen-bond acceptors (Lipinski definition) is 5. The normalized spacial score (nSPS) is 12.3. The van der Waals surface area contributed by atoms with Gasteiger partial charge in [0.25, 0.3) is 11.3 Å². The summed E-state index contributed by atoms with van der Waals surface area (Å²) in [6.07, 6.45) is 0. The quantitative estimate of drug-likeness (QED) is 0.798. The van der Waals surface area contributed by atoms with Crippen molar-refractivity contribution in [2.24, 2.45) is 0 Å². The molecule has 0 aliphatic heterocycles. The average Bonchev–Trinajstić information content (AvgIpc) is 2.90. The molecule has 124 valence electrons. The number of nitrogens with zero attached hydrogens (tertiary/aromatic N) is 3. The molecular weight excluding hydrogens is 308 g/mol. The number of para-hydroxylation sites is 1. The van der Waals surface area contributed by atoms with Crippen molar-refractivity contribution in [2.45, 2.75) is 33.7 Å². The van der Waals surface area contributed by atoms with Crippen molar-refractivity contribution in [2.75, 3.05) is 5.32 Å². The van der Waals surface area contributed by atoms with Crippen LogP contribution >= 0.6 is 0 Å². The summed E-state index contributed by atoms with van der Waals surface area (Å²) < 4.78 is 6.40. The van der Waals surface area contributed by atoms with Gasteiger partial charge in [-0.05, 0) is 39.3 Å². The first-order chi connectivity index (χ1) is 11.4. The Morgan fingerprint density at radius 2 is 1.96 bits per heavy atom. The molecule has 0 spiro atoms. The van der Waals surface area contributed by atoms with E-state index in [4.69, 9.17) is 4.52 Å². The molecule has 0 bridgehead atoms. The van der Waals surface area contributed by atoms with Crippen LogP contribution in [0.5, 0.6) is 0 Å². The topological polar surface area (TPSA) is 90.0 Å². The van der Waals surface area contributed by atoms with Crippen molar-refractivity contribution >= 4 is 22.7 Å². The molecule has 7 nitrogen and oxygen atoms in total. The zero-order chi connectivity index (χ0) is 17.4. The molecule has 0 saturated heterocycles. The van der Waals surface area contributed by atoms with E-state index in [-0.39, 0.29) is 17.2 Å². The van der Waals surface area contributed by atoms with Gasteiger partial charge in [0.05, 0.1) is 5.69 Å². The third kappa shape index (κ3) is 2.58. The van der Waals surface area contributed by atoms with Crippen molar-refractivity contribution in [3.8, 4) is 0 Å². The highest BCUT2D eigenvalue weighted by Crippen LogP contribution is 2.18. The van der Waals surface area contributed by atoms with Crippen LogP contribution in [0.2, 0.25) is 0 Å². The predicted octanol–water partition coefficient (Wildman–Crippen LogP) is 2.51. The van der Waals surface area contributed by atoms with Gasteiger partial charge < -0.3 is 9.84 Å². The molecule has 3 aromatic rings. The first-order valence-electron chi connectivity index (χ1n) is 7.61. The van der Waals surface area contributed by atoms with Crippen LogP contribution in [0, 0.1) is 20.8 Å². The Hall–Kier alpha value is -2.96. The molecule has 7 heteroatoms. The van der Waals surface area contributed by atoms with E-state index in [0.29, 0.717) is 16.9 Å². The molecule has 3 rings (SSSR count). The van der Waals surface area contributed by atoms with Gasteiger partial charge in [-0.1, -0.05) is 23.4 Å². The van der Waals surface area contributed by atoms with E-state index in [1.807, 2.05) is 31.2 Å². The number of carbonyl (C=O) groups is 1. The lowest BCUT2D eigenvalue weighted by Crippen LogP contribution is -2.34. The van der Waals surface area contributed by atoms with Crippen LogP contribution < -0.4 is 10.9 Å². The standard InChI is InChI=1S/C17H18N4O3/c1-9-7-5-6-8-13(9)19-15(22)11(3)21-12(4)18-16-14(17(21)23)10(2)20-24-16/h5-8,11H,1-4H3,(H,19,22)/t11-/m1/s1. The lowest BCUT2D eigenvalue weighted by atomic mass is 10.2. The van der Waals surface area contributed by atoms with Crippen molar-refractivity contribution in [3.05, 3.63) is 51.7 Å². The molecule has 2 aromatic heterocycles. The Morgan fingerprint density at radius 1 is 1.25 bits per heavy atom. The third-order valence-corrected chi connectivity index (χ3v) is 4.06. The molecule has 0 radical (unpaired) electrons. The zero-order valence-corrected chi connectivity index (χ0v) is 14.0. The molecule has 0 aliphatic rings. The van der Waals surface area contributed by atoms with Gasteiger partial charge in [-0.2, -0.15) is 4.98 Å². The smallest absolute Gasteiger partial charge is 0.267 e. The van der Waals surface area contributed by atoms with Gasteiger partial charge in [0.2, 0.25) is 5.91 Å². The van der Waals surface area contributed by atoms with Crippen LogP contribution in [0.3, 0.4) is 0 Å². The number of amides is 1. The molecule has 24 heavy (non-hydrogen) atoms.